The Balaban J connectivity index is 2.88. The Hall–Kier alpha value is -1.55. The SMILES string of the molecule is CCNCc1ccc(/C(N)=N/O)cc1C. The molecule has 0 radical (unpaired) electrons. The largest absolute Gasteiger partial charge is 0.409 e. The summed E-state index contributed by atoms with van der Waals surface area (Å²) in [4.78, 5) is 0. The van der Waals surface area contributed by atoms with E-state index < -0.39 is 0 Å². The van der Waals surface area contributed by atoms with Crippen molar-refractivity contribution < 1.29 is 5.21 Å². The van der Waals surface area contributed by atoms with Crippen molar-refractivity contribution >= 4 is 5.84 Å². The highest BCUT2D eigenvalue weighted by Crippen LogP contribution is 2.10. The van der Waals surface area contributed by atoms with Crippen molar-refractivity contribution in [2.75, 3.05) is 6.54 Å². The first-order valence-electron chi connectivity index (χ1n) is 4.97. The molecule has 0 amide bonds. The number of rotatable bonds is 4. The van der Waals surface area contributed by atoms with Crippen LogP contribution >= 0.6 is 0 Å². The van der Waals surface area contributed by atoms with Crippen molar-refractivity contribution in [1.82, 2.24) is 5.32 Å². The predicted molar refractivity (Wildman–Crippen MR) is 61.1 cm³/mol. The lowest BCUT2D eigenvalue weighted by molar-refractivity contribution is 0.318. The van der Waals surface area contributed by atoms with Gasteiger partial charge in [0.05, 0.1) is 0 Å². The lowest BCUT2D eigenvalue weighted by atomic mass is 10.0. The van der Waals surface area contributed by atoms with E-state index in [4.69, 9.17) is 10.9 Å². The molecule has 0 heterocycles. The lowest BCUT2D eigenvalue weighted by Crippen LogP contribution is -2.15. The standard InChI is InChI=1S/C11H17N3O/c1-3-13-7-10-5-4-9(6-8(10)2)11(12)14-15/h4-6,13,15H,3,7H2,1-2H3,(H2,12,14). The molecule has 0 aliphatic carbocycles. The van der Waals surface area contributed by atoms with Gasteiger partial charge in [0.2, 0.25) is 0 Å². The molecule has 1 aromatic rings. The van der Waals surface area contributed by atoms with Crippen LogP contribution in [0.15, 0.2) is 23.4 Å². The number of oxime groups is 1. The summed E-state index contributed by atoms with van der Waals surface area (Å²) in [6.45, 7) is 5.88. The highest BCUT2D eigenvalue weighted by Gasteiger charge is 2.02. The molecular weight excluding hydrogens is 190 g/mol. The molecule has 1 rings (SSSR count). The van der Waals surface area contributed by atoms with E-state index in [1.165, 1.54) is 5.56 Å². The van der Waals surface area contributed by atoms with Gasteiger partial charge >= 0.3 is 0 Å². The average Bonchev–Trinajstić information content (AvgIpc) is 2.26. The maximum atomic E-state index is 8.54. The molecule has 4 nitrogen and oxygen atoms in total. The summed E-state index contributed by atoms with van der Waals surface area (Å²) in [6, 6.07) is 5.77. The smallest absolute Gasteiger partial charge is 0.170 e. The van der Waals surface area contributed by atoms with Crippen LogP contribution in [0.1, 0.15) is 23.6 Å². The minimum Gasteiger partial charge on any atom is -0.409 e. The first-order valence-corrected chi connectivity index (χ1v) is 4.97. The number of benzene rings is 1. The summed E-state index contributed by atoms with van der Waals surface area (Å²) < 4.78 is 0. The Morgan fingerprint density at radius 2 is 2.27 bits per heavy atom. The number of nitrogens with one attached hydrogen (secondary N) is 1. The van der Waals surface area contributed by atoms with Crippen molar-refractivity contribution in [3.63, 3.8) is 0 Å². The molecular formula is C11H17N3O. The van der Waals surface area contributed by atoms with Gasteiger partial charge in [0.1, 0.15) is 0 Å². The number of hydrogen-bond donors (Lipinski definition) is 3. The van der Waals surface area contributed by atoms with Gasteiger partial charge in [-0.2, -0.15) is 0 Å². The van der Waals surface area contributed by atoms with E-state index in [0.717, 1.165) is 24.2 Å². The van der Waals surface area contributed by atoms with Crippen LogP contribution in [0.25, 0.3) is 0 Å². The molecule has 0 aromatic heterocycles. The molecule has 1 aromatic carbocycles. The Bertz CT molecular complexity index is 361. The Morgan fingerprint density at radius 1 is 1.53 bits per heavy atom. The number of aryl methyl sites for hydroxylation is 1. The summed E-state index contributed by atoms with van der Waals surface area (Å²) >= 11 is 0. The van der Waals surface area contributed by atoms with E-state index in [2.05, 4.69) is 17.4 Å². The van der Waals surface area contributed by atoms with Crippen LogP contribution in [0.5, 0.6) is 0 Å². The quantitative estimate of drug-likeness (QED) is 0.301. The summed E-state index contributed by atoms with van der Waals surface area (Å²) in [7, 11) is 0. The summed E-state index contributed by atoms with van der Waals surface area (Å²) in [5.74, 6) is 0.146. The summed E-state index contributed by atoms with van der Waals surface area (Å²) in [6.07, 6.45) is 0. The van der Waals surface area contributed by atoms with Gasteiger partial charge in [-0.05, 0) is 30.7 Å². The topological polar surface area (TPSA) is 70.6 Å². The van der Waals surface area contributed by atoms with Gasteiger partial charge in [-0.3, -0.25) is 0 Å². The van der Waals surface area contributed by atoms with Gasteiger partial charge in [-0.25, -0.2) is 0 Å². The van der Waals surface area contributed by atoms with Crippen molar-refractivity contribution in [3.05, 3.63) is 34.9 Å². The highest BCUT2D eigenvalue weighted by atomic mass is 16.4. The van der Waals surface area contributed by atoms with Gasteiger partial charge in [-0.15, -0.1) is 0 Å². The van der Waals surface area contributed by atoms with Crippen LogP contribution in [0, 0.1) is 6.92 Å². The normalized spacial score (nSPS) is 11.7. The molecule has 0 unspecified atom stereocenters. The maximum Gasteiger partial charge on any atom is 0.170 e. The highest BCUT2D eigenvalue weighted by molar-refractivity contribution is 5.97. The van der Waals surface area contributed by atoms with Crippen molar-refractivity contribution in [3.8, 4) is 0 Å². The molecule has 15 heavy (non-hydrogen) atoms. The second-order valence-corrected chi connectivity index (χ2v) is 3.41. The Kier molecular flexibility index (Phi) is 4.12. The average molecular weight is 207 g/mol. The number of hydrogen-bond acceptors (Lipinski definition) is 3. The van der Waals surface area contributed by atoms with Crippen LogP contribution in [-0.4, -0.2) is 17.6 Å². The summed E-state index contributed by atoms with van der Waals surface area (Å²) in [5.41, 5.74) is 8.61. The van der Waals surface area contributed by atoms with Gasteiger partial charge in [-0.1, -0.05) is 24.2 Å². The zero-order chi connectivity index (χ0) is 11.3. The second kappa shape index (κ2) is 5.36. The lowest BCUT2D eigenvalue weighted by Gasteiger charge is -2.08. The zero-order valence-corrected chi connectivity index (χ0v) is 9.12. The van der Waals surface area contributed by atoms with Crippen LogP contribution in [-0.2, 0) is 6.54 Å². The molecule has 0 atom stereocenters. The Morgan fingerprint density at radius 3 is 2.80 bits per heavy atom. The third-order valence-electron chi connectivity index (χ3n) is 2.31. The van der Waals surface area contributed by atoms with Crippen LogP contribution in [0.3, 0.4) is 0 Å². The van der Waals surface area contributed by atoms with E-state index in [1.807, 2.05) is 25.1 Å². The predicted octanol–water partition coefficient (Wildman–Crippen LogP) is 1.20. The fraction of sp³-hybridized carbons (Fsp3) is 0.364. The van der Waals surface area contributed by atoms with Gasteiger partial charge < -0.3 is 16.3 Å². The third kappa shape index (κ3) is 2.95. The number of nitrogens with zero attached hydrogens (tertiary/aromatic N) is 1. The fourth-order valence-electron chi connectivity index (χ4n) is 1.37. The van der Waals surface area contributed by atoms with E-state index in [0.29, 0.717) is 0 Å². The first-order chi connectivity index (χ1) is 7.19. The number of nitrogens with two attached hydrogens (primary N) is 1. The monoisotopic (exact) mass is 207 g/mol. The Labute approximate surface area is 89.8 Å². The van der Waals surface area contributed by atoms with E-state index in [1.54, 1.807) is 0 Å². The number of amidine groups is 1. The molecule has 0 saturated heterocycles. The van der Waals surface area contributed by atoms with Gasteiger partial charge in [0.25, 0.3) is 0 Å². The maximum absolute atomic E-state index is 8.54. The molecule has 0 spiro atoms. The summed E-state index contributed by atoms with van der Waals surface area (Å²) in [5, 5.41) is 14.8. The molecule has 4 heteroatoms. The van der Waals surface area contributed by atoms with E-state index in [9.17, 15) is 0 Å². The molecule has 0 aliphatic rings. The van der Waals surface area contributed by atoms with Crippen LogP contribution in [0.2, 0.25) is 0 Å². The molecule has 4 N–H and O–H groups in total. The van der Waals surface area contributed by atoms with Crippen LogP contribution in [0.4, 0.5) is 0 Å². The molecule has 82 valence electrons. The van der Waals surface area contributed by atoms with E-state index in [-0.39, 0.29) is 5.84 Å². The van der Waals surface area contributed by atoms with Crippen molar-refractivity contribution in [2.45, 2.75) is 20.4 Å². The van der Waals surface area contributed by atoms with Gasteiger partial charge in [0, 0.05) is 12.1 Å². The molecule has 0 aliphatic heterocycles. The third-order valence-corrected chi connectivity index (χ3v) is 2.31. The van der Waals surface area contributed by atoms with Gasteiger partial charge in [0.15, 0.2) is 5.84 Å². The van der Waals surface area contributed by atoms with E-state index >= 15 is 0 Å². The second-order valence-electron chi connectivity index (χ2n) is 3.41. The van der Waals surface area contributed by atoms with Crippen LogP contribution < -0.4 is 11.1 Å². The zero-order valence-electron chi connectivity index (χ0n) is 9.12. The van der Waals surface area contributed by atoms with Crippen molar-refractivity contribution in [1.29, 1.82) is 0 Å². The molecule has 0 bridgehead atoms. The molecule has 0 fully saturated rings. The van der Waals surface area contributed by atoms with Crippen molar-refractivity contribution in [2.24, 2.45) is 10.9 Å². The minimum atomic E-state index is 0.146. The molecule has 0 saturated carbocycles. The minimum absolute atomic E-state index is 0.146. The first kappa shape index (κ1) is 11.5. The fourth-order valence-corrected chi connectivity index (χ4v) is 1.37.